The van der Waals surface area contributed by atoms with Crippen LogP contribution in [-0.2, 0) is 6.54 Å². The average Bonchev–Trinajstić information content (AvgIpc) is 3.25. The second-order valence-corrected chi connectivity index (χ2v) is 6.94. The van der Waals surface area contributed by atoms with E-state index in [0.717, 1.165) is 31.5 Å². The van der Waals surface area contributed by atoms with Crippen molar-refractivity contribution in [1.29, 1.82) is 0 Å². The summed E-state index contributed by atoms with van der Waals surface area (Å²) in [6, 6.07) is 5.43. The number of pyridine rings is 1. The molecule has 4 rings (SSSR count). The molecule has 0 spiro atoms. The van der Waals surface area contributed by atoms with Crippen molar-refractivity contribution in [2.24, 2.45) is 5.92 Å². The summed E-state index contributed by atoms with van der Waals surface area (Å²) in [5, 5.41) is 3.69. The van der Waals surface area contributed by atoms with Crippen molar-refractivity contribution in [2.75, 3.05) is 13.1 Å². The summed E-state index contributed by atoms with van der Waals surface area (Å²) in [5.74, 6) is 1.11. The Labute approximate surface area is 156 Å². The van der Waals surface area contributed by atoms with Gasteiger partial charge in [0.25, 0.3) is 5.56 Å². The lowest BCUT2D eigenvalue weighted by Gasteiger charge is -2.34. The standard InChI is InChI=1S/C19H22N6O2/c1-14(19-21-12-23-27-19)24-8-4-15(5-9-24)11-25-13-22-17(10-18(25)26)16-2-6-20-7-3-16/h2-3,6-7,10,12-15H,4-5,8-9,11H2,1H3. The van der Waals surface area contributed by atoms with Gasteiger partial charge in [0.15, 0.2) is 6.33 Å². The number of piperidine rings is 1. The molecule has 8 heteroatoms. The van der Waals surface area contributed by atoms with Gasteiger partial charge in [-0.15, -0.1) is 0 Å². The fraction of sp³-hybridized carbons (Fsp3) is 0.421. The molecule has 3 aromatic heterocycles. The second-order valence-electron chi connectivity index (χ2n) is 6.94. The third kappa shape index (κ3) is 3.95. The van der Waals surface area contributed by atoms with E-state index in [4.69, 9.17) is 4.52 Å². The van der Waals surface area contributed by atoms with Crippen LogP contribution in [0.4, 0.5) is 0 Å². The van der Waals surface area contributed by atoms with E-state index < -0.39 is 0 Å². The number of rotatable bonds is 5. The molecule has 1 aliphatic heterocycles. The first-order valence-corrected chi connectivity index (χ1v) is 9.18. The van der Waals surface area contributed by atoms with Crippen LogP contribution < -0.4 is 5.56 Å². The zero-order valence-electron chi connectivity index (χ0n) is 15.2. The van der Waals surface area contributed by atoms with Crippen molar-refractivity contribution < 1.29 is 4.52 Å². The summed E-state index contributed by atoms with van der Waals surface area (Å²) in [5.41, 5.74) is 1.57. The van der Waals surface area contributed by atoms with Gasteiger partial charge in [0.2, 0.25) is 5.89 Å². The van der Waals surface area contributed by atoms with Crippen molar-refractivity contribution in [3.05, 3.63) is 59.5 Å². The van der Waals surface area contributed by atoms with Gasteiger partial charge in [-0.05, 0) is 50.9 Å². The van der Waals surface area contributed by atoms with E-state index in [1.807, 2.05) is 12.1 Å². The van der Waals surface area contributed by atoms with E-state index >= 15 is 0 Å². The number of hydrogen-bond donors (Lipinski definition) is 0. The first-order valence-electron chi connectivity index (χ1n) is 9.18. The first kappa shape index (κ1) is 17.5. The number of hydrogen-bond acceptors (Lipinski definition) is 7. The van der Waals surface area contributed by atoms with E-state index in [9.17, 15) is 4.79 Å². The largest absolute Gasteiger partial charge is 0.338 e. The predicted molar refractivity (Wildman–Crippen MR) is 98.7 cm³/mol. The molecule has 1 fully saturated rings. The van der Waals surface area contributed by atoms with E-state index in [2.05, 4.69) is 31.9 Å². The third-order valence-corrected chi connectivity index (χ3v) is 5.24. The summed E-state index contributed by atoms with van der Waals surface area (Å²) in [7, 11) is 0. The van der Waals surface area contributed by atoms with Gasteiger partial charge in [0.05, 0.1) is 18.1 Å². The summed E-state index contributed by atoms with van der Waals surface area (Å²) in [6.45, 7) is 4.68. The quantitative estimate of drug-likeness (QED) is 0.683. The Morgan fingerprint density at radius 2 is 2.00 bits per heavy atom. The van der Waals surface area contributed by atoms with E-state index in [-0.39, 0.29) is 11.6 Å². The minimum absolute atomic E-state index is 0.0153. The van der Waals surface area contributed by atoms with Crippen LogP contribution in [0.5, 0.6) is 0 Å². The van der Waals surface area contributed by atoms with Gasteiger partial charge in [-0.1, -0.05) is 5.16 Å². The fourth-order valence-electron chi connectivity index (χ4n) is 3.57. The average molecular weight is 366 g/mol. The fourth-order valence-corrected chi connectivity index (χ4v) is 3.57. The molecule has 0 aromatic carbocycles. The summed E-state index contributed by atoms with van der Waals surface area (Å²) >= 11 is 0. The van der Waals surface area contributed by atoms with Crippen LogP contribution in [0.1, 0.15) is 31.7 Å². The zero-order chi connectivity index (χ0) is 18.6. The van der Waals surface area contributed by atoms with Gasteiger partial charge in [0.1, 0.15) is 0 Å². The molecule has 0 radical (unpaired) electrons. The van der Waals surface area contributed by atoms with Crippen LogP contribution in [0, 0.1) is 5.92 Å². The van der Waals surface area contributed by atoms with Crippen molar-refractivity contribution in [3.8, 4) is 11.3 Å². The van der Waals surface area contributed by atoms with Crippen molar-refractivity contribution in [3.63, 3.8) is 0 Å². The van der Waals surface area contributed by atoms with Gasteiger partial charge in [0, 0.05) is 30.6 Å². The maximum Gasteiger partial charge on any atom is 0.253 e. The zero-order valence-corrected chi connectivity index (χ0v) is 15.2. The molecule has 0 bridgehead atoms. The smallest absolute Gasteiger partial charge is 0.253 e. The maximum atomic E-state index is 12.5. The third-order valence-electron chi connectivity index (χ3n) is 5.24. The Bertz CT molecular complexity index is 917. The molecule has 27 heavy (non-hydrogen) atoms. The highest BCUT2D eigenvalue weighted by Crippen LogP contribution is 2.26. The van der Waals surface area contributed by atoms with Gasteiger partial charge in [-0.25, -0.2) is 4.98 Å². The highest BCUT2D eigenvalue weighted by Gasteiger charge is 2.26. The molecular formula is C19H22N6O2. The van der Waals surface area contributed by atoms with Crippen LogP contribution in [0.2, 0.25) is 0 Å². The minimum atomic E-state index is -0.0153. The van der Waals surface area contributed by atoms with Crippen molar-refractivity contribution in [2.45, 2.75) is 32.4 Å². The monoisotopic (exact) mass is 366 g/mol. The predicted octanol–water partition coefficient (Wildman–Crippen LogP) is 2.16. The van der Waals surface area contributed by atoms with Crippen LogP contribution in [0.3, 0.4) is 0 Å². The summed E-state index contributed by atoms with van der Waals surface area (Å²) in [4.78, 5) is 27.4. The normalized spacial score (nSPS) is 17.1. The van der Waals surface area contributed by atoms with Crippen molar-refractivity contribution >= 4 is 0 Å². The molecule has 0 saturated carbocycles. The highest BCUT2D eigenvalue weighted by atomic mass is 16.5. The van der Waals surface area contributed by atoms with E-state index in [1.165, 1.54) is 6.33 Å². The first-order chi connectivity index (χ1) is 13.2. The molecular weight excluding hydrogens is 344 g/mol. The molecule has 1 unspecified atom stereocenters. The van der Waals surface area contributed by atoms with Crippen LogP contribution in [0.25, 0.3) is 11.3 Å². The molecule has 1 aliphatic rings. The summed E-state index contributed by atoms with van der Waals surface area (Å²) in [6.07, 6.45) is 8.55. The number of aromatic nitrogens is 5. The Balaban J connectivity index is 1.37. The van der Waals surface area contributed by atoms with Crippen LogP contribution in [0.15, 0.2) is 52.6 Å². The lowest BCUT2D eigenvalue weighted by atomic mass is 9.95. The molecule has 140 valence electrons. The lowest BCUT2D eigenvalue weighted by molar-refractivity contribution is 0.113. The molecule has 1 saturated heterocycles. The molecule has 4 heterocycles. The Morgan fingerprint density at radius 1 is 1.22 bits per heavy atom. The highest BCUT2D eigenvalue weighted by molar-refractivity contribution is 5.57. The minimum Gasteiger partial charge on any atom is -0.338 e. The van der Waals surface area contributed by atoms with Gasteiger partial charge < -0.3 is 4.52 Å². The Kier molecular flexibility index (Phi) is 5.06. The molecule has 8 nitrogen and oxygen atoms in total. The maximum absolute atomic E-state index is 12.5. The second kappa shape index (κ2) is 7.79. The van der Waals surface area contributed by atoms with Crippen molar-refractivity contribution in [1.82, 2.24) is 29.6 Å². The molecule has 0 amide bonds. The Hall–Kier alpha value is -2.87. The van der Waals surface area contributed by atoms with Gasteiger partial charge in [-0.3, -0.25) is 19.2 Å². The Morgan fingerprint density at radius 3 is 2.67 bits per heavy atom. The van der Waals surface area contributed by atoms with E-state index in [1.54, 1.807) is 29.4 Å². The SMILES string of the molecule is CC(c1ncno1)N1CCC(Cn2cnc(-c3ccncc3)cc2=O)CC1. The van der Waals surface area contributed by atoms with Gasteiger partial charge >= 0.3 is 0 Å². The lowest BCUT2D eigenvalue weighted by Crippen LogP contribution is -2.37. The topological polar surface area (TPSA) is 89.9 Å². The van der Waals surface area contributed by atoms with Crippen LogP contribution >= 0.6 is 0 Å². The molecule has 0 N–H and O–H groups in total. The molecule has 3 aromatic rings. The number of likely N-dealkylation sites (tertiary alicyclic amines) is 1. The molecule has 1 atom stereocenters. The number of nitrogens with zero attached hydrogens (tertiary/aromatic N) is 6. The summed E-state index contributed by atoms with van der Waals surface area (Å²) < 4.78 is 6.89. The van der Waals surface area contributed by atoms with E-state index in [0.29, 0.717) is 24.0 Å². The van der Waals surface area contributed by atoms with Crippen LogP contribution in [-0.4, -0.2) is 42.7 Å². The molecule has 0 aliphatic carbocycles. The van der Waals surface area contributed by atoms with Gasteiger partial charge in [-0.2, -0.15) is 4.98 Å².